The van der Waals surface area contributed by atoms with Crippen LogP contribution in [0, 0.1) is 5.82 Å². The fourth-order valence-corrected chi connectivity index (χ4v) is 2.13. The zero-order valence-electron chi connectivity index (χ0n) is 12.8. The van der Waals surface area contributed by atoms with Crippen LogP contribution in [0.5, 0.6) is 5.75 Å². The van der Waals surface area contributed by atoms with Gasteiger partial charge in [0.2, 0.25) is 5.91 Å². The summed E-state index contributed by atoms with van der Waals surface area (Å²) in [7, 11) is 1.79. The minimum atomic E-state index is -0.397. The number of hydrogen-bond acceptors (Lipinski definition) is 3. The molecule has 6 heteroatoms. The summed E-state index contributed by atoms with van der Waals surface area (Å²) >= 11 is 5.99. The Morgan fingerprint density at radius 1 is 1.22 bits per heavy atom. The molecule has 0 atom stereocenters. The number of anilines is 1. The zero-order chi connectivity index (χ0) is 16.7. The molecule has 0 aliphatic carbocycles. The number of hydrogen-bond donors (Lipinski definition) is 1. The Labute approximate surface area is 139 Å². The Morgan fingerprint density at radius 2 is 1.91 bits per heavy atom. The quantitative estimate of drug-likeness (QED) is 0.842. The van der Waals surface area contributed by atoms with E-state index in [0.717, 1.165) is 0 Å². The van der Waals surface area contributed by atoms with Crippen LogP contribution >= 0.6 is 11.6 Å². The largest absolute Gasteiger partial charge is 0.489 e. The lowest BCUT2D eigenvalue weighted by Gasteiger charge is -2.17. The molecule has 0 aliphatic heterocycles. The molecule has 2 aromatic rings. The molecule has 122 valence electrons. The van der Waals surface area contributed by atoms with Gasteiger partial charge in [-0.1, -0.05) is 35.9 Å². The molecular formula is C17H18ClFN2O2. The second kappa shape index (κ2) is 8.50. The van der Waals surface area contributed by atoms with Crippen molar-refractivity contribution in [3.63, 3.8) is 0 Å². The summed E-state index contributed by atoms with van der Waals surface area (Å²) in [6.07, 6.45) is 0. The number of nitrogens with zero attached hydrogens (tertiary/aromatic N) is 1. The molecule has 0 unspecified atom stereocenters. The van der Waals surface area contributed by atoms with Gasteiger partial charge in [0.15, 0.2) is 11.6 Å². The van der Waals surface area contributed by atoms with Crippen LogP contribution in [0.2, 0.25) is 5.02 Å². The normalized spacial score (nSPS) is 10.6. The predicted octanol–water partition coefficient (Wildman–Crippen LogP) is 3.43. The number of nitrogens with one attached hydrogen (secondary N) is 1. The Balaban J connectivity index is 1.74. The summed E-state index contributed by atoms with van der Waals surface area (Å²) in [6.45, 7) is 0.965. The van der Waals surface area contributed by atoms with Crippen LogP contribution < -0.4 is 10.1 Å². The van der Waals surface area contributed by atoms with Crippen molar-refractivity contribution >= 4 is 23.2 Å². The Kier molecular flexibility index (Phi) is 6.38. The lowest BCUT2D eigenvalue weighted by Crippen LogP contribution is -2.33. The maximum atomic E-state index is 13.4. The highest BCUT2D eigenvalue weighted by atomic mass is 35.5. The van der Waals surface area contributed by atoms with E-state index in [2.05, 4.69) is 5.32 Å². The minimum absolute atomic E-state index is 0.175. The van der Waals surface area contributed by atoms with Crippen molar-refractivity contribution in [3.8, 4) is 5.75 Å². The third kappa shape index (κ3) is 5.54. The highest BCUT2D eigenvalue weighted by molar-refractivity contribution is 6.33. The van der Waals surface area contributed by atoms with E-state index in [1.807, 2.05) is 0 Å². The summed E-state index contributed by atoms with van der Waals surface area (Å²) in [4.78, 5) is 13.7. The van der Waals surface area contributed by atoms with Gasteiger partial charge in [-0.2, -0.15) is 0 Å². The van der Waals surface area contributed by atoms with E-state index in [1.165, 1.54) is 6.07 Å². The molecule has 0 heterocycles. The van der Waals surface area contributed by atoms with Crippen LogP contribution in [-0.2, 0) is 4.79 Å². The van der Waals surface area contributed by atoms with Gasteiger partial charge in [-0.05, 0) is 31.3 Å². The zero-order valence-corrected chi connectivity index (χ0v) is 13.5. The highest BCUT2D eigenvalue weighted by Gasteiger charge is 2.09. The molecule has 0 saturated heterocycles. The van der Waals surface area contributed by atoms with E-state index >= 15 is 0 Å². The minimum Gasteiger partial charge on any atom is -0.489 e. The molecule has 0 aromatic heterocycles. The molecule has 23 heavy (non-hydrogen) atoms. The number of amides is 1. The number of rotatable bonds is 7. The molecule has 1 amide bonds. The smallest absolute Gasteiger partial charge is 0.238 e. The summed E-state index contributed by atoms with van der Waals surface area (Å²) in [5.74, 6) is -0.362. The van der Waals surface area contributed by atoms with Crippen molar-refractivity contribution in [2.24, 2.45) is 0 Å². The number of benzene rings is 2. The summed E-state index contributed by atoms with van der Waals surface area (Å²) in [5, 5.41) is 3.24. The molecule has 2 rings (SSSR count). The molecule has 0 radical (unpaired) electrons. The Hall–Kier alpha value is -2.11. The summed E-state index contributed by atoms with van der Waals surface area (Å²) in [5.41, 5.74) is 0.579. The molecule has 0 fully saturated rings. The highest BCUT2D eigenvalue weighted by Crippen LogP contribution is 2.20. The van der Waals surface area contributed by atoms with Crippen molar-refractivity contribution in [2.75, 3.05) is 32.1 Å². The first-order chi connectivity index (χ1) is 11.1. The van der Waals surface area contributed by atoms with E-state index in [4.69, 9.17) is 16.3 Å². The number of ether oxygens (including phenoxy) is 1. The van der Waals surface area contributed by atoms with Gasteiger partial charge in [-0.25, -0.2) is 4.39 Å². The van der Waals surface area contributed by atoms with E-state index in [0.29, 0.717) is 17.3 Å². The van der Waals surface area contributed by atoms with E-state index in [-0.39, 0.29) is 24.8 Å². The predicted molar refractivity (Wildman–Crippen MR) is 89.5 cm³/mol. The lowest BCUT2D eigenvalue weighted by atomic mass is 10.3. The maximum absolute atomic E-state index is 13.4. The first-order valence-electron chi connectivity index (χ1n) is 7.16. The monoisotopic (exact) mass is 336 g/mol. The van der Waals surface area contributed by atoms with Gasteiger partial charge in [0.25, 0.3) is 0 Å². The second-order valence-electron chi connectivity index (χ2n) is 5.04. The van der Waals surface area contributed by atoms with Crippen LogP contribution in [0.3, 0.4) is 0 Å². The van der Waals surface area contributed by atoms with Gasteiger partial charge in [0.1, 0.15) is 6.61 Å². The average molecular weight is 337 g/mol. The topological polar surface area (TPSA) is 41.6 Å². The second-order valence-corrected chi connectivity index (χ2v) is 5.45. The molecule has 2 aromatic carbocycles. The molecule has 1 N–H and O–H groups in total. The van der Waals surface area contributed by atoms with Gasteiger partial charge in [-0.3, -0.25) is 9.69 Å². The fourth-order valence-electron chi connectivity index (χ4n) is 1.95. The van der Waals surface area contributed by atoms with Gasteiger partial charge in [0, 0.05) is 6.54 Å². The molecule has 0 spiro atoms. The van der Waals surface area contributed by atoms with Crippen LogP contribution in [0.1, 0.15) is 0 Å². The number of carbonyl (C=O) groups is 1. The van der Waals surface area contributed by atoms with Crippen molar-refractivity contribution < 1.29 is 13.9 Å². The average Bonchev–Trinajstić information content (AvgIpc) is 2.51. The van der Waals surface area contributed by atoms with E-state index in [1.54, 1.807) is 54.4 Å². The van der Waals surface area contributed by atoms with E-state index in [9.17, 15) is 9.18 Å². The molecule has 0 aliphatic rings. The van der Waals surface area contributed by atoms with Gasteiger partial charge in [0.05, 0.1) is 17.3 Å². The van der Waals surface area contributed by atoms with Crippen LogP contribution in [0.4, 0.5) is 10.1 Å². The number of para-hydroxylation sites is 2. The number of halogens is 2. The maximum Gasteiger partial charge on any atom is 0.238 e. The van der Waals surface area contributed by atoms with Crippen molar-refractivity contribution in [1.82, 2.24) is 4.90 Å². The Morgan fingerprint density at radius 3 is 2.65 bits per heavy atom. The van der Waals surface area contributed by atoms with Crippen molar-refractivity contribution in [2.45, 2.75) is 0 Å². The van der Waals surface area contributed by atoms with Gasteiger partial charge < -0.3 is 10.1 Å². The van der Waals surface area contributed by atoms with Gasteiger partial charge >= 0.3 is 0 Å². The lowest BCUT2D eigenvalue weighted by molar-refractivity contribution is -0.117. The molecular weight excluding hydrogens is 319 g/mol. The summed E-state index contributed by atoms with van der Waals surface area (Å²) < 4.78 is 18.7. The van der Waals surface area contributed by atoms with Crippen LogP contribution in [0.15, 0.2) is 48.5 Å². The molecule has 4 nitrogen and oxygen atoms in total. The van der Waals surface area contributed by atoms with Crippen molar-refractivity contribution in [1.29, 1.82) is 0 Å². The van der Waals surface area contributed by atoms with E-state index < -0.39 is 5.82 Å². The van der Waals surface area contributed by atoms with Crippen LogP contribution in [-0.4, -0.2) is 37.6 Å². The molecule has 0 saturated carbocycles. The Bertz CT molecular complexity index is 667. The fraction of sp³-hybridized carbons (Fsp3) is 0.235. The standard InChI is InChI=1S/C17H18ClFN2O2/c1-21(10-11-23-16-9-5-3-7-14(16)19)12-17(22)20-15-8-4-2-6-13(15)18/h2-9H,10-12H2,1H3,(H,20,22). The number of likely N-dealkylation sites (N-methyl/N-ethyl adjacent to an activating group) is 1. The first kappa shape index (κ1) is 17.2. The van der Waals surface area contributed by atoms with Crippen LogP contribution in [0.25, 0.3) is 0 Å². The number of carbonyl (C=O) groups excluding carboxylic acids is 1. The third-order valence-electron chi connectivity index (χ3n) is 3.13. The SMILES string of the molecule is CN(CCOc1ccccc1F)CC(=O)Nc1ccccc1Cl. The third-order valence-corrected chi connectivity index (χ3v) is 3.46. The molecule has 0 bridgehead atoms. The first-order valence-corrected chi connectivity index (χ1v) is 7.54. The summed E-state index contributed by atoms with van der Waals surface area (Å²) in [6, 6.07) is 13.3. The van der Waals surface area contributed by atoms with Crippen molar-refractivity contribution in [3.05, 3.63) is 59.4 Å². The van der Waals surface area contributed by atoms with Gasteiger partial charge in [-0.15, -0.1) is 0 Å².